The van der Waals surface area contributed by atoms with Crippen molar-refractivity contribution in [2.24, 2.45) is 0 Å². The molecule has 1 heterocycles. The summed E-state index contributed by atoms with van der Waals surface area (Å²) in [6, 6.07) is 3.76. The third-order valence-corrected chi connectivity index (χ3v) is 6.01. The molecule has 124 valence electrons. The molecular weight excluding hydrogens is 329 g/mol. The number of benzene rings is 1. The molecule has 1 saturated heterocycles. The van der Waals surface area contributed by atoms with Crippen LogP contribution in [0, 0.1) is 5.82 Å². The Hall–Kier alpha value is -0.690. The van der Waals surface area contributed by atoms with E-state index in [0.717, 1.165) is 19.3 Å². The third kappa shape index (κ3) is 4.65. The molecule has 7 heteroatoms. The normalized spacial score (nSPS) is 19.5. The van der Waals surface area contributed by atoms with Gasteiger partial charge in [-0.2, -0.15) is 4.31 Å². The van der Waals surface area contributed by atoms with Gasteiger partial charge in [-0.25, -0.2) is 12.8 Å². The minimum Gasteiger partial charge on any atom is -0.377 e. The lowest BCUT2D eigenvalue weighted by atomic mass is 10.1. The summed E-state index contributed by atoms with van der Waals surface area (Å²) in [6.07, 6.45) is 2.88. The standard InChI is InChI=1S/C15H21ClFNO3S/c1-2-18(10-14-5-3-4-8-21-14)22(19,20)11-12-9-13(17)6-7-15(12)16/h6-7,9,14H,2-5,8,10-11H2,1H3. The van der Waals surface area contributed by atoms with Crippen molar-refractivity contribution in [3.63, 3.8) is 0 Å². The molecule has 0 radical (unpaired) electrons. The molecule has 1 unspecified atom stereocenters. The smallest absolute Gasteiger partial charge is 0.218 e. The second-order valence-corrected chi connectivity index (χ2v) is 7.81. The number of hydrogen-bond donors (Lipinski definition) is 0. The van der Waals surface area contributed by atoms with Gasteiger partial charge >= 0.3 is 0 Å². The molecule has 0 spiro atoms. The van der Waals surface area contributed by atoms with Gasteiger partial charge in [0.25, 0.3) is 0 Å². The molecule has 0 saturated carbocycles. The van der Waals surface area contributed by atoms with E-state index < -0.39 is 15.8 Å². The average molecular weight is 350 g/mol. The highest BCUT2D eigenvalue weighted by molar-refractivity contribution is 7.88. The van der Waals surface area contributed by atoms with Crippen molar-refractivity contribution in [3.8, 4) is 0 Å². The molecular formula is C15H21ClFNO3S. The van der Waals surface area contributed by atoms with E-state index in [0.29, 0.717) is 19.7 Å². The van der Waals surface area contributed by atoms with E-state index in [1.807, 2.05) is 0 Å². The minimum atomic E-state index is -3.56. The molecule has 0 aliphatic carbocycles. The molecule has 1 fully saturated rings. The van der Waals surface area contributed by atoms with Crippen molar-refractivity contribution in [2.75, 3.05) is 19.7 Å². The number of nitrogens with zero attached hydrogens (tertiary/aromatic N) is 1. The molecule has 0 amide bonds. The summed E-state index contributed by atoms with van der Waals surface area (Å²) >= 11 is 5.97. The monoisotopic (exact) mass is 349 g/mol. The first-order valence-corrected chi connectivity index (χ1v) is 9.44. The molecule has 1 aliphatic rings. The predicted molar refractivity (Wildman–Crippen MR) is 84.9 cm³/mol. The van der Waals surface area contributed by atoms with Crippen LogP contribution in [0.4, 0.5) is 4.39 Å². The fraction of sp³-hybridized carbons (Fsp3) is 0.600. The Morgan fingerprint density at radius 3 is 2.82 bits per heavy atom. The van der Waals surface area contributed by atoms with Crippen LogP contribution in [0.15, 0.2) is 18.2 Å². The van der Waals surface area contributed by atoms with Crippen LogP contribution in [0.3, 0.4) is 0 Å². The van der Waals surface area contributed by atoms with E-state index in [-0.39, 0.29) is 22.4 Å². The Bertz CT molecular complexity index is 603. The Morgan fingerprint density at radius 1 is 1.41 bits per heavy atom. The van der Waals surface area contributed by atoms with E-state index >= 15 is 0 Å². The summed E-state index contributed by atoms with van der Waals surface area (Å²) < 4.78 is 45.4. The fourth-order valence-electron chi connectivity index (χ4n) is 2.56. The number of likely N-dealkylation sites (N-methyl/N-ethyl adjacent to an activating group) is 1. The highest BCUT2D eigenvalue weighted by atomic mass is 35.5. The van der Waals surface area contributed by atoms with Gasteiger partial charge in [0.2, 0.25) is 10.0 Å². The van der Waals surface area contributed by atoms with Gasteiger partial charge in [0.1, 0.15) is 5.82 Å². The Labute approximate surface area is 136 Å². The molecule has 0 bridgehead atoms. The first-order chi connectivity index (χ1) is 10.4. The predicted octanol–water partition coefficient (Wildman–Crippen LogP) is 3.20. The average Bonchev–Trinajstić information content (AvgIpc) is 2.49. The lowest BCUT2D eigenvalue weighted by molar-refractivity contribution is 0.00668. The Balaban J connectivity index is 2.10. The molecule has 4 nitrogen and oxygen atoms in total. The summed E-state index contributed by atoms with van der Waals surface area (Å²) in [7, 11) is -3.56. The molecule has 0 aromatic heterocycles. The summed E-state index contributed by atoms with van der Waals surface area (Å²) in [5.41, 5.74) is 0.282. The number of halogens is 2. The van der Waals surface area contributed by atoms with Crippen molar-refractivity contribution in [3.05, 3.63) is 34.6 Å². The van der Waals surface area contributed by atoms with Crippen molar-refractivity contribution in [1.82, 2.24) is 4.31 Å². The molecule has 2 rings (SSSR count). The molecule has 1 aliphatic heterocycles. The summed E-state index contributed by atoms with van der Waals surface area (Å²) in [5, 5.41) is 0.259. The highest BCUT2D eigenvalue weighted by Crippen LogP contribution is 2.22. The molecule has 1 aromatic rings. The minimum absolute atomic E-state index is 0.0635. The number of ether oxygens (including phenoxy) is 1. The van der Waals surface area contributed by atoms with E-state index in [1.54, 1.807) is 6.92 Å². The first-order valence-electron chi connectivity index (χ1n) is 7.45. The quantitative estimate of drug-likeness (QED) is 0.792. The fourth-order valence-corrected chi connectivity index (χ4v) is 4.42. The Kier molecular flexibility index (Phi) is 6.20. The van der Waals surface area contributed by atoms with Gasteiger partial charge in [-0.15, -0.1) is 0 Å². The van der Waals surface area contributed by atoms with Gasteiger partial charge in [-0.3, -0.25) is 0 Å². The van der Waals surface area contributed by atoms with Crippen LogP contribution < -0.4 is 0 Å². The van der Waals surface area contributed by atoms with Crippen LogP contribution in [-0.4, -0.2) is 38.5 Å². The SMILES string of the molecule is CCN(CC1CCCCO1)S(=O)(=O)Cc1cc(F)ccc1Cl. The van der Waals surface area contributed by atoms with Gasteiger partial charge in [-0.1, -0.05) is 18.5 Å². The largest absolute Gasteiger partial charge is 0.377 e. The van der Waals surface area contributed by atoms with Crippen LogP contribution in [0.25, 0.3) is 0 Å². The van der Waals surface area contributed by atoms with Crippen LogP contribution >= 0.6 is 11.6 Å². The number of hydrogen-bond acceptors (Lipinski definition) is 3. The van der Waals surface area contributed by atoms with Crippen molar-refractivity contribution < 1.29 is 17.5 Å². The van der Waals surface area contributed by atoms with Crippen LogP contribution in [0.2, 0.25) is 5.02 Å². The zero-order valence-corrected chi connectivity index (χ0v) is 14.2. The zero-order chi connectivity index (χ0) is 16.2. The van der Waals surface area contributed by atoms with Crippen LogP contribution in [0.1, 0.15) is 31.7 Å². The Morgan fingerprint density at radius 2 is 2.18 bits per heavy atom. The van der Waals surface area contributed by atoms with Crippen LogP contribution in [0.5, 0.6) is 0 Å². The van der Waals surface area contributed by atoms with Gasteiger partial charge < -0.3 is 4.74 Å². The van der Waals surface area contributed by atoms with E-state index in [2.05, 4.69) is 0 Å². The molecule has 0 N–H and O–H groups in total. The van der Waals surface area contributed by atoms with Crippen molar-refractivity contribution in [1.29, 1.82) is 0 Å². The second kappa shape index (κ2) is 7.73. The second-order valence-electron chi connectivity index (χ2n) is 5.43. The molecule has 22 heavy (non-hydrogen) atoms. The van der Waals surface area contributed by atoms with Crippen molar-refractivity contribution in [2.45, 2.75) is 38.0 Å². The zero-order valence-electron chi connectivity index (χ0n) is 12.6. The number of rotatable bonds is 6. The van der Waals surface area contributed by atoms with E-state index in [1.165, 1.54) is 22.5 Å². The lowest BCUT2D eigenvalue weighted by Gasteiger charge is -2.28. The summed E-state index contributed by atoms with van der Waals surface area (Å²) in [6.45, 7) is 3.16. The maximum absolute atomic E-state index is 13.3. The maximum atomic E-state index is 13.3. The van der Waals surface area contributed by atoms with Gasteiger partial charge in [-0.05, 0) is 43.0 Å². The topological polar surface area (TPSA) is 46.6 Å². The van der Waals surface area contributed by atoms with Crippen LogP contribution in [-0.2, 0) is 20.5 Å². The van der Waals surface area contributed by atoms with E-state index in [4.69, 9.17) is 16.3 Å². The lowest BCUT2D eigenvalue weighted by Crippen LogP contribution is -2.40. The summed E-state index contributed by atoms with van der Waals surface area (Å²) in [4.78, 5) is 0. The van der Waals surface area contributed by atoms with Gasteiger partial charge in [0.15, 0.2) is 0 Å². The molecule has 1 atom stereocenters. The van der Waals surface area contributed by atoms with Gasteiger partial charge in [0, 0.05) is 24.7 Å². The highest BCUT2D eigenvalue weighted by Gasteiger charge is 2.26. The number of sulfonamides is 1. The maximum Gasteiger partial charge on any atom is 0.218 e. The molecule has 1 aromatic carbocycles. The summed E-state index contributed by atoms with van der Waals surface area (Å²) in [5.74, 6) is -0.794. The van der Waals surface area contributed by atoms with Crippen molar-refractivity contribution >= 4 is 21.6 Å². The first kappa shape index (κ1) is 17.7. The third-order valence-electron chi connectivity index (χ3n) is 3.77. The van der Waals surface area contributed by atoms with E-state index in [9.17, 15) is 12.8 Å². The van der Waals surface area contributed by atoms with Gasteiger partial charge in [0.05, 0.1) is 11.9 Å².